The molecule has 1 aromatic heterocycles. The molecule has 8 heteroatoms. The molecule has 7 nitrogen and oxygen atoms in total. The zero-order valence-electron chi connectivity index (χ0n) is 14.0. The van der Waals surface area contributed by atoms with Crippen LogP contribution in [0.5, 0.6) is 0 Å². The van der Waals surface area contributed by atoms with Gasteiger partial charge in [0.25, 0.3) is 0 Å². The van der Waals surface area contributed by atoms with Gasteiger partial charge in [0, 0.05) is 20.1 Å². The molecule has 0 radical (unpaired) electrons. The van der Waals surface area contributed by atoms with Gasteiger partial charge in [-0.15, -0.1) is 0 Å². The van der Waals surface area contributed by atoms with Crippen LogP contribution in [0.3, 0.4) is 0 Å². The molecule has 0 bridgehead atoms. The van der Waals surface area contributed by atoms with Crippen LogP contribution in [0.1, 0.15) is 24.5 Å². The minimum absolute atomic E-state index is 0.0204. The minimum atomic E-state index is -0.670. The summed E-state index contributed by atoms with van der Waals surface area (Å²) >= 11 is 0. The summed E-state index contributed by atoms with van der Waals surface area (Å²) in [5.41, 5.74) is 0.362. The molecule has 25 heavy (non-hydrogen) atoms. The molecule has 1 aliphatic heterocycles. The van der Waals surface area contributed by atoms with Crippen LogP contribution in [0.2, 0.25) is 0 Å². The molecule has 1 aliphatic rings. The fourth-order valence-corrected chi connectivity index (χ4v) is 3.15. The maximum absolute atomic E-state index is 13.0. The number of likely N-dealkylation sites (tertiary alicyclic amines) is 1. The summed E-state index contributed by atoms with van der Waals surface area (Å²) in [6, 6.07) is 5.85. The zero-order valence-corrected chi connectivity index (χ0v) is 14.0. The first-order valence-corrected chi connectivity index (χ1v) is 8.25. The van der Waals surface area contributed by atoms with Crippen LogP contribution >= 0.6 is 0 Å². The molecule has 1 N–H and O–H groups in total. The van der Waals surface area contributed by atoms with E-state index < -0.39 is 6.10 Å². The second-order valence-electron chi connectivity index (χ2n) is 6.40. The van der Waals surface area contributed by atoms with Crippen molar-refractivity contribution in [3.05, 3.63) is 52.5 Å². The fraction of sp³-hybridized carbons (Fsp3) is 0.471. The second-order valence-corrected chi connectivity index (χ2v) is 6.40. The summed E-state index contributed by atoms with van der Waals surface area (Å²) in [7, 11) is 1.58. The van der Waals surface area contributed by atoms with E-state index in [4.69, 9.17) is 0 Å². The molecule has 134 valence electrons. The molecular formula is C17H21FN4O3. The predicted molar refractivity (Wildman–Crippen MR) is 88.1 cm³/mol. The summed E-state index contributed by atoms with van der Waals surface area (Å²) in [5.74, 6) is -0.469. The lowest BCUT2D eigenvalue weighted by molar-refractivity contribution is -0.134. The highest BCUT2D eigenvalue weighted by Crippen LogP contribution is 2.30. The number of rotatable bonds is 4. The third-order valence-corrected chi connectivity index (χ3v) is 4.72. The second kappa shape index (κ2) is 7.18. The van der Waals surface area contributed by atoms with E-state index in [2.05, 4.69) is 5.10 Å². The van der Waals surface area contributed by atoms with E-state index in [0.29, 0.717) is 31.5 Å². The van der Waals surface area contributed by atoms with E-state index in [-0.39, 0.29) is 29.9 Å². The van der Waals surface area contributed by atoms with Gasteiger partial charge >= 0.3 is 5.69 Å². The number of nitrogens with zero attached hydrogens (tertiary/aromatic N) is 4. The molecule has 1 saturated heterocycles. The van der Waals surface area contributed by atoms with Gasteiger partial charge in [-0.3, -0.25) is 9.36 Å². The van der Waals surface area contributed by atoms with Crippen molar-refractivity contribution in [2.45, 2.75) is 25.5 Å². The van der Waals surface area contributed by atoms with E-state index in [1.165, 1.54) is 23.0 Å². The molecular weight excluding hydrogens is 327 g/mol. The lowest BCUT2D eigenvalue weighted by atomic mass is 9.87. The third-order valence-electron chi connectivity index (χ3n) is 4.72. The van der Waals surface area contributed by atoms with Gasteiger partial charge in [0.1, 0.15) is 18.7 Å². The molecule has 1 aromatic carbocycles. The van der Waals surface area contributed by atoms with Crippen LogP contribution in [-0.2, 0) is 18.4 Å². The van der Waals surface area contributed by atoms with Gasteiger partial charge < -0.3 is 10.0 Å². The van der Waals surface area contributed by atoms with Crippen LogP contribution in [0.4, 0.5) is 4.39 Å². The number of carbonyl (C=O) groups excluding carboxylic acids is 1. The topological polar surface area (TPSA) is 80.4 Å². The first-order chi connectivity index (χ1) is 12.0. The molecule has 1 atom stereocenters. The Morgan fingerprint density at radius 3 is 2.52 bits per heavy atom. The van der Waals surface area contributed by atoms with Crippen molar-refractivity contribution in [1.29, 1.82) is 0 Å². The Morgan fingerprint density at radius 1 is 1.32 bits per heavy atom. The van der Waals surface area contributed by atoms with Crippen molar-refractivity contribution in [3.63, 3.8) is 0 Å². The molecule has 2 heterocycles. The third kappa shape index (κ3) is 3.79. The molecule has 2 aromatic rings. The van der Waals surface area contributed by atoms with Crippen molar-refractivity contribution in [2.24, 2.45) is 13.0 Å². The van der Waals surface area contributed by atoms with Gasteiger partial charge in [0.2, 0.25) is 5.91 Å². The Bertz CT molecular complexity index is 791. The highest BCUT2D eigenvalue weighted by Gasteiger charge is 2.28. The first-order valence-electron chi connectivity index (χ1n) is 8.25. The lowest BCUT2D eigenvalue weighted by Gasteiger charge is -2.34. The van der Waals surface area contributed by atoms with Crippen LogP contribution < -0.4 is 5.69 Å². The van der Waals surface area contributed by atoms with Crippen LogP contribution in [0, 0.1) is 11.7 Å². The van der Waals surface area contributed by atoms with Crippen molar-refractivity contribution in [1.82, 2.24) is 19.2 Å². The van der Waals surface area contributed by atoms with Crippen LogP contribution in [0.15, 0.2) is 35.4 Å². The van der Waals surface area contributed by atoms with E-state index in [1.54, 1.807) is 24.1 Å². The maximum Gasteiger partial charge on any atom is 0.345 e. The summed E-state index contributed by atoms with van der Waals surface area (Å²) in [4.78, 5) is 25.8. The standard InChI is InChI=1S/C17H21FN4O3/c1-20-11-19-22(17(20)25)10-15(23)21-8-6-13(7-9-21)16(24)12-2-4-14(18)5-3-12/h2-5,11,13,16,24H,6-10H2,1H3. The number of aliphatic hydroxyl groups is 1. The lowest BCUT2D eigenvalue weighted by Crippen LogP contribution is -2.42. The highest BCUT2D eigenvalue weighted by atomic mass is 19.1. The number of benzene rings is 1. The molecule has 0 saturated carbocycles. The monoisotopic (exact) mass is 348 g/mol. The molecule has 1 unspecified atom stereocenters. The highest BCUT2D eigenvalue weighted by molar-refractivity contribution is 5.75. The number of hydrogen-bond acceptors (Lipinski definition) is 4. The number of halogens is 1. The largest absolute Gasteiger partial charge is 0.388 e. The molecule has 3 rings (SSSR count). The minimum Gasteiger partial charge on any atom is -0.388 e. The van der Waals surface area contributed by atoms with Crippen LogP contribution in [0.25, 0.3) is 0 Å². The Morgan fingerprint density at radius 2 is 1.96 bits per heavy atom. The number of aliphatic hydroxyl groups excluding tert-OH is 1. The number of aromatic nitrogens is 3. The van der Waals surface area contributed by atoms with Crippen molar-refractivity contribution in [2.75, 3.05) is 13.1 Å². The molecule has 1 amide bonds. The number of hydrogen-bond donors (Lipinski definition) is 1. The normalized spacial score (nSPS) is 16.8. The number of aryl methyl sites for hydroxylation is 1. The van der Waals surface area contributed by atoms with Crippen molar-refractivity contribution in [3.8, 4) is 0 Å². The first kappa shape index (κ1) is 17.3. The molecule has 1 fully saturated rings. The van der Waals surface area contributed by atoms with E-state index in [0.717, 1.165) is 4.68 Å². The maximum atomic E-state index is 13.0. The van der Waals surface area contributed by atoms with Gasteiger partial charge in [-0.2, -0.15) is 5.10 Å². The average molecular weight is 348 g/mol. The number of carbonyl (C=O) groups is 1. The molecule has 0 spiro atoms. The number of piperidine rings is 1. The zero-order chi connectivity index (χ0) is 18.0. The Hall–Kier alpha value is -2.48. The van der Waals surface area contributed by atoms with Gasteiger partial charge in [-0.1, -0.05) is 12.1 Å². The smallest absolute Gasteiger partial charge is 0.345 e. The quantitative estimate of drug-likeness (QED) is 0.882. The van der Waals surface area contributed by atoms with E-state index in [1.807, 2.05) is 0 Å². The summed E-state index contributed by atoms with van der Waals surface area (Å²) in [6.45, 7) is 0.956. The van der Waals surface area contributed by atoms with Gasteiger partial charge in [0.15, 0.2) is 0 Å². The number of amides is 1. The van der Waals surface area contributed by atoms with Crippen molar-refractivity contribution < 1.29 is 14.3 Å². The van der Waals surface area contributed by atoms with Gasteiger partial charge in [-0.05, 0) is 36.5 Å². The summed E-state index contributed by atoms with van der Waals surface area (Å²) in [5, 5.41) is 14.3. The summed E-state index contributed by atoms with van der Waals surface area (Å²) < 4.78 is 15.4. The van der Waals surface area contributed by atoms with Gasteiger partial charge in [-0.25, -0.2) is 13.9 Å². The SMILES string of the molecule is Cn1cnn(CC(=O)N2CCC(C(O)c3ccc(F)cc3)CC2)c1=O. The van der Waals surface area contributed by atoms with Gasteiger partial charge in [0.05, 0.1) is 6.10 Å². The summed E-state index contributed by atoms with van der Waals surface area (Å²) in [6.07, 6.45) is 2.01. The van der Waals surface area contributed by atoms with Crippen LogP contribution in [-0.4, -0.2) is 43.4 Å². The Kier molecular flexibility index (Phi) is 4.98. The molecule has 0 aliphatic carbocycles. The van der Waals surface area contributed by atoms with E-state index >= 15 is 0 Å². The predicted octanol–water partition coefficient (Wildman–Crippen LogP) is 0.693. The Labute approximate surface area is 144 Å². The average Bonchev–Trinajstić information content (AvgIpc) is 2.94. The van der Waals surface area contributed by atoms with E-state index in [9.17, 15) is 19.1 Å². The fourth-order valence-electron chi connectivity index (χ4n) is 3.15. The Balaban J connectivity index is 1.56. The van der Waals surface area contributed by atoms with Crippen molar-refractivity contribution >= 4 is 5.91 Å².